The minimum atomic E-state index is -0.397. The van der Waals surface area contributed by atoms with E-state index in [1.807, 2.05) is 30.3 Å². The average Bonchev–Trinajstić information content (AvgIpc) is 3.23. The maximum absolute atomic E-state index is 12.7. The van der Waals surface area contributed by atoms with Gasteiger partial charge in [0.2, 0.25) is 5.91 Å². The molecule has 126 valence electrons. The van der Waals surface area contributed by atoms with E-state index in [1.165, 1.54) is 4.90 Å². The lowest BCUT2D eigenvalue weighted by molar-refractivity contribution is -0.132. The normalized spacial score (nSPS) is 17.1. The van der Waals surface area contributed by atoms with Gasteiger partial charge in [-0.15, -0.1) is 5.10 Å². The Morgan fingerprint density at radius 3 is 2.71 bits per heavy atom. The van der Waals surface area contributed by atoms with Crippen LogP contribution < -0.4 is 0 Å². The predicted octanol–water partition coefficient (Wildman–Crippen LogP) is 1.02. The number of nitrogens with zero attached hydrogens (tertiary/aromatic N) is 5. The second-order valence-electron chi connectivity index (χ2n) is 6.18. The van der Waals surface area contributed by atoms with Gasteiger partial charge >= 0.3 is 0 Å². The Morgan fingerprint density at radius 1 is 1.25 bits per heavy atom. The maximum atomic E-state index is 12.7. The van der Waals surface area contributed by atoms with Gasteiger partial charge in [0.1, 0.15) is 6.04 Å². The lowest BCUT2D eigenvalue weighted by atomic mass is 10.2. The van der Waals surface area contributed by atoms with Gasteiger partial charge in [-0.25, -0.2) is 4.68 Å². The van der Waals surface area contributed by atoms with Gasteiger partial charge in [0, 0.05) is 20.6 Å². The zero-order chi connectivity index (χ0) is 17.1. The van der Waals surface area contributed by atoms with Crippen LogP contribution in [-0.4, -0.2) is 63.3 Å². The SMILES string of the molecule is CN(C)C(=O)C1CCCN1C(=O)c1cn(Cc2ccccc2)nn1. The smallest absolute Gasteiger partial charge is 0.276 e. The molecule has 7 heteroatoms. The van der Waals surface area contributed by atoms with Crippen molar-refractivity contribution in [1.82, 2.24) is 24.8 Å². The van der Waals surface area contributed by atoms with Crippen LogP contribution >= 0.6 is 0 Å². The van der Waals surface area contributed by atoms with E-state index < -0.39 is 6.04 Å². The van der Waals surface area contributed by atoms with E-state index in [4.69, 9.17) is 0 Å². The summed E-state index contributed by atoms with van der Waals surface area (Å²) in [6, 6.07) is 9.46. The van der Waals surface area contributed by atoms with Crippen LogP contribution in [0.2, 0.25) is 0 Å². The molecule has 3 rings (SSSR count). The second-order valence-corrected chi connectivity index (χ2v) is 6.18. The van der Waals surface area contributed by atoms with Crippen LogP contribution in [0.5, 0.6) is 0 Å². The quantitative estimate of drug-likeness (QED) is 0.840. The van der Waals surface area contributed by atoms with E-state index in [9.17, 15) is 9.59 Å². The molecule has 2 amide bonds. The fourth-order valence-electron chi connectivity index (χ4n) is 2.96. The van der Waals surface area contributed by atoms with Gasteiger partial charge in [-0.05, 0) is 18.4 Å². The topological polar surface area (TPSA) is 71.3 Å². The molecule has 1 atom stereocenters. The number of hydrogen-bond donors (Lipinski definition) is 0. The van der Waals surface area contributed by atoms with Gasteiger partial charge in [0.15, 0.2) is 5.69 Å². The molecule has 1 aliphatic heterocycles. The molecule has 0 saturated carbocycles. The monoisotopic (exact) mass is 327 g/mol. The molecule has 1 aromatic carbocycles. The van der Waals surface area contributed by atoms with E-state index in [2.05, 4.69) is 10.3 Å². The summed E-state index contributed by atoms with van der Waals surface area (Å²) in [5.41, 5.74) is 1.37. The third-order valence-electron chi connectivity index (χ3n) is 4.18. The molecular formula is C17H21N5O2. The van der Waals surface area contributed by atoms with Crippen LogP contribution in [0.15, 0.2) is 36.5 Å². The van der Waals surface area contributed by atoms with Crippen molar-refractivity contribution in [1.29, 1.82) is 0 Å². The van der Waals surface area contributed by atoms with E-state index in [1.54, 1.807) is 29.9 Å². The highest BCUT2D eigenvalue weighted by Gasteiger charge is 2.36. The maximum Gasteiger partial charge on any atom is 0.276 e. The highest BCUT2D eigenvalue weighted by atomic mass is 16.2. The van der Waals surface area contributed by atoms with Gasteiger partial charge in [-0.1, -0.05) is 35.5 Å². The highest BCUT2D eigenvalue weighted by Crippen LogP contribution is 2.20. The van der Waals surface area contributed by atoms with Crippen molar-refractivity contribution in [2.45, 2.75) is 25.4 Å². The Hall–Kier alpha value is -2.70. The van der Waals surface area contributed by atoms with Crippen molar-refractivity contribution in [3.8, 4) is 0 Å². The van der Waals surface area contributed by atoms with Crippen LogP contribution in [-0.2, 0) is 11.3 Å². The fraction of sp³-hybridized carbons (Fsp3) is 0.412. The van der Waals surface area contributed by atoms with Crippen molar-refractivity contribution in [2.24, 2.45) is 0 Å². The summed E-state index contributed by atoms with van der Waals surface area (Å²) in [5, 5.41) is 8.03. The summed E-state index contributed by atoms with van der Waals surface area (Å²) in [7, 11) is 3.42. The molecule has 2 heterocycles. The minimum absolute atomic E-state index is 0.0440. The Labute approximate surface area is 140 Å². The zero-order valence-corrected chi connectivity index (χ0v) is 13.9. The van der Waals surface area contributed by atoms with Crippen molar-refractivity contribution < 1.29 is 9.59 Å². The first-order chi connectivity index (χ1) is 11.6. The van der Waals surface area contributed by atoms with Gasteiger partial charge < -0.3 is 9.80 Å². The van der Waals surface area contributed by atoms with Crippen molar-refractivity contribution in [2.75, 3.05) is 20.6 Å². The van der Waals surface area contributed by atoms with Crippen molar-refractivity contribution in [3.63, 3.8) is 0 Å². The third kappa shape index (κ3) is 3.29. The van der Waals surface area contributed by atoms with Gasteiger partial charge in [-0.3, -0.25) is 9.59 Å². The molecule has 0 aliphatic carbocycles. The predicted molar refractivity (Wildman–Crippen MR) is 88.3 cm³/mol. The number of amides is 2. The molecule has 1 aliphatic rings. The van der Waals surface area contributed by atoms with Crippen LogP contribution in [0.3, 0.4) is 0 Å². The molecule has 1 aromatic heterocycles. The number of aromatic nitrogens is 3. The number of benzene rings is 1. The van der Waals surface area contributed by atoms with Crippen LogP contribution in [0, 0.1) is 0 Å². The summed E-state index contributed by atoms with van der Waals surface area (Å²) in [6.45, 7) is 1.13. The largest absolute Gasteiger partial charge is 0.347 e. The van der Waals surface area contributed by atoms with Crippen LogP contribution in [0.1, 0.15) is 28.9 Å². The molecule has 0 bridgehead atoms. The lowest BCUT2D eigenvalue weighted by Crippen LogP contribution is -2.45. The number of hydrogen-bond acceptors (Lipinski definition) is 4. The van der Waals surface area contributed by atoms with Crippen LogP contribution in [0.4, 0.5) is 0 Å². The molecule has 0 spiro atoms. The number of carbonyl (C=O) groups is 2. The first-order valence-electron chi connectivity index (χ1n) is 8.02. The summed E-state index contributed by atoms with van der Waals surface area (Å²) in [5.74, 6) is -0.274. The van der Waals surface area contributed by atoms with Crippen LogP contribution in [0.25, 0.3) is 0 Å². The summed E-state index contributed by atoms with van der Waals surface area (Å²) in [4.78, 5) is 28.1. The Morgan fingerprint density at radius 2 is 2.00 bits per heavy atom. The van der Waals surface area contributed by atoms with E-state index in [0.29, 0.717) is 19.5 Å². The molecule has 1 saturated heterocycles. The molecule has 0 radical (unpaired) electrons. The minimum Gasteiger partial charge on any atom is -0.347 e. The average molecular weight is 327 g/mol. The van der Waals surface area contributed by atoms with Crippen molar-refractivity contribution >= 4 is 11.8 Å². The summed E-state index contributed by atoms with van der Waals surface area (Å²) < 4.78 is 1.64. The Balaban J connectivity index is 1.72. The zero-order valence-electron chi connectivity index (χ0n) is 13.9. The van der Waals surface area contributed by atoms with E-state index >= 15 is 0 Å². The molecule has 2 aromatic rings. The van der Waals surface area contributed by atoms with Gasteiger partial charge in [-0.2, -0.15) is 0 Å². The fourth-order valence-corrected chi connectivity index (χ4v) is 2.96. The Bertz CT molecular complexity index is 726. The van der Waals surface area contributed by atoms with Crippen molar-refractivity contribution in [3.05, 3.63) is 47.8 Å². The molecule has 1 unspecified atom stereocenters. The first kappa shape index (κ1) is 16.2. The third-order valence-corrected chi connectivity index (χ3v) is 4.18. The molecule has 24 heavy (non-hydrogen) atoms. The molecule has 7 nitrogen and oxygen atoms in total. The first-order valence-corrected chi connectivity index (χ1v) is 8.02. The molecular weight excluding hydrogens is 306 g/mol. The highest BCUT2D eigenvalue weighted by molar-refractivity contribution is 5.96. The number of carbonyl (C=O) groups excluding carboxylic acids is 2. The van der Waals surface area contributed by atoms with Gasteiger partial charge in [0.05, 0.1) is 12.7 Å². The number of likely N-dealkylation sites (N-methyl/N-ethyl adjacent to an activating group) is 1. The lowest BCUT2D eigenvalue weighted by Gasteiger charge is -2.25. The number of likely N-dealkylation sites (tertiary alicyclic amines) is 1. The Kier molecular flexibility index (Phi) is 4.59. The van der Waals surface area contributed by atoms with E-state index in [-0.39, 0.29) is 17.5 Å². The molecule has 0 N–H and O–H groups in total. The second kappa shape index (κ2) is 6.82. The molecule has 1 fully saturated rings. The number of rotatable bonds is 4. The summed E-state index contributed by atoms with van der Waals surface area (Å²) in [6.07, 6.45) is 3.17. The summed E-state index contributed by atoms with van der Waals surface area (Å²) >= 11 is 0. The van der Waals surface area contributed by atoms with E-state index in [0.717, 1.165) is 12.0 Å². The standard InChI is InChI=1S/C17H21N5O2/c1-20(2)17(24)15-9-6-10-22(15)16(23)14-12-21(19-18-14)11-13-7-4-3-5-8-13/h3-5,7-8,12,15H,6,9-11H2,1-2H3. The van der Waals surface area contributed by atoms with Gasteiger partial charge in [0.25, 0.3) is 5.91 Å².